The molecule has 3 heteroatoms. The highest BCUT2D eigenvalue weighted by molar-refractivity contribution is 5.24. The summed E-state index contributed by atoms with van der Waals surface area (Å²) in [5, 5.41) is 3.72. The van der Waals surface area contributed by atoms with Gasteiger partial charge in [-0.25, -0.2) is 0 Å². The van der Waals surface area contributed by atoms with E-state index in [2.05, 4.69) is 11.4 Å². The smallest absolute Gasteiger partial charge is 0.108 e. The molecule has 0 saturated heterocycles. The fourth-order valence-corrected chi connectivity index (χ4v) is 2.84. The van der Waals surface area contributed by atoms with E-state index in [-0.39, 0.29) is 0 Å². The third kappa shape index (κ3) is 1.78. The molecule has 1 N–H and O–H groups in total. The quantitative estimate of drug-likeness (QED) is 0.851. The number of rotatable bonds is 3. The van der Waals surface area contributed by atoms with Crippen LogP contribution in [0, 0.1) is 0 Å². The Bertz CT molecular complexity index is 355. The zero-order valence-electron chi connectivity index (χ0n) is 9.74. The highest BCUT2D eigenvalue weighted by atomic mass is 16.5. The molecule has 0 aliphatic heterocycles. The van der Waals surface area contributed by atoms with Crippen molar-refractivity contribution in [2.75, 3.05) is 7.11 Å². The number of hydrogen-bond donors (Lipinski definition) is 1. The van der Waals surface area contributed by atoms with E-state index in [0.29, 0.717) is 18.2 Å². The molecule has 2 aliphatic carbocycles. The Morgan fingerprint density at radius 2 is 2.31 bits per heavy atom. The van der Waals surface area contributed by atoms with Crippen molar-refractivity contribution in [3.63, 3.8) is 0 Å². The van der Waals surface area contributed by atoms with Crippen LogP contribution in [0.4, 0.5) is 0 Å². The van der Waals surface area contributed by atoms with Crippen molar-refractivity contribution in [3.05, 3.63) is 23.7 Å². The van der Waals surface area contributed by atoms with Gasteiger partial charge in [0.05, 0.1) is 12.4 Å². The van der Waals surface area contributed by atoms with Crippen molar-refractivity contribution >= 4 is 0 Å². The topological polar surface area (TPSA) is 34.4 Å². The third-order valence-electron chi connectivity index (χ3n) is 3.92. The Morgan fingerprint density at radius 1 is 1.44 bits per heavy atom. The standard InChI is InChI=1S/C13H19NO2/c1-15-10-7-9(8-10)14-12-3-2-4-13-11(12)5-6-16-13/h5-6,9-10,12,14H,2-4,7-8H2,1H3. The minimum absolute atomic E-state index is 0.477. The van der Waals surface area contributed by atoms with Crippen molar-refractivity contribution in [1.29, 1.82) is 0 Å². The van der Waals surface area contributed by atoms with E-state index in [1.807, 2.05) is 6.26 Å². The van der Waals surface area contributed by atoms with E-state index in [4.69, 9.17) is 9.15 Å². The summed E-state index contributed by atoms with van der Waals surface area (Å²) in [5.74, 6) is 1.19. The first kappa shape index (κ1) is 10.4. The zero-order chi connectivity index (χ0) is 11.0. The summed E-state index contributed by atoms with van der Waals surface area (Å²) in [4.78, 5) is 0. The van der Waals surface area contributed by atoms with Gasteiger partial charge in [0.25, 0.3) is 0 Å². The van der Waals surface area contributed by atoms with Gasteiger partial charge in [-0.2, -0.15) is 0 Å². The van der Waals surface area contributed by atoms with E-state index >= 15 is 0 Å². The minimum atomic E-state index is 0.477. The Labute approximate surface area is 96.2 Å². The fourth-order valence-electron chi connectivity index (χ4n) is 2.84. The maximum atomic E-state index is 5.50. The number of nitrogens with one attached hydrogen (secondary N) is 1. The Hall–Kier alpha value is -0.800. The first-order valence-electron chi connectivity index (χ1n) is 6.22. The molecule has 3 rings (SSSR count). The SMILES string of the molecule is COC1CC(NC2CCCc3occc32)C1. The lowest BCUT2D eigenvalue weighted by atomic mass is 9.86. The van der Waals surface area contributed by atoms with E-state index < -0.39 is 0 Å². The van der Waals surface area contributed by atoms with Gasteiger partial charge in [0.2, 0.25) is 0 Å². The van der Waals surface area contributed by atoms with Crippen LogP contribution in [0.1, 0.15) is 43.0 Å². The van der Waals surface area contributed by atoms with E-state index in [9.17, 15) is 0 Å². The van der Waals surface area contributed by atoms with Gasteiger partial charge in [0.15, 0.2) is 0 Å². The normalized spacial score (nSPS) is 33.2. The van der Waals surface area contributed by atoms with Crippen molar-refractivity contribution in [2.45, 2.75) is 50.3 Å². The van der Waals surface area contributed by atoms with Crippen LogP contribution in [-0.2, 0) is 11.2 Å². The van der Waals surface area contributed by atoms with Gasteiger partial charge in [0.1, 0.15) is 5.76 Å². The average molecular weight is 221 g/mol. The number of furan rings is 1. The molecular formula is C13H19NO2. The molecule has 1 fully saturated rings. The number of fused-ring (bicyclic) bond motifs is 1. The molecule has 1 aromatic rings. The van der Waals surface area contributed by atoms with Crippen LogP contribution in [0.25, 0.3) is 0 Å². The van der Waals surface area contributed by atoms with E-state index in [1.165, 1.54) is 24.2 Å². The monoisotopic (exact) mass is 221 g/mol. The number of ether oxygens (including phenoxy) is 1. The second-order valence-corrected chi connectivity index (χ2v) is 4.94. The molecule has 1 aromatic heterocycles. The molecular weight excluding hydrogens is 202 g/mol. The summed E-state index contributed by atoms with van der Waals surface area (Å²) in [6, 6.07) is 3.26. The number of methoxy groups -OCH3 is 1. The van der Waals surface area contributed by atoms with Crippen molar-refractivity contribution in [3.8, 4) is 0 Å². The molecule has 0 amide bonds. The van der Waals surface area contributed by atoms with Crippen LogP contribution in [0.2, 0.25) is 0 Å². The first-order chi connectivity index (χ1) is 7.86. The lowest BCUT2D eigenvalue weighted by Gasteiger charge is -2.38. The molecule has 1 unspecified atom stereocenters. The van der Waals surface area contributed by atoms with Gasteiger partial charge in [0, 0.05) is 31.2 Å². The summed E-state index contributed by atoms with van der Waals surface area (Å²) in [6.07, 6.45) is 8.18. The average Bonchev–Trinajstić information content (AvgIpc) is 2.71. The second-order valence-electron chi connectivity index (χ2n) is 4.94. The number of aryl methyl sites for hydroxylation is 1. The molecule has 2 aliphatic rings. The van der Waals surface area contributed by atoms with Crippen LogP contribution in [-0.4, -0.2) is 19.3 Å². The predicted molar refractivity (Wildman–Crippen MR) is 61.3 cm³/mol. The summed E-state index contributed by atoms with van der Waals surface area (Å²) in [5.41, 5.74) is 1.38. The Balaban J connectivity index is 1.61. The lowest BCUT2D eigenvalue weighted by molar-refractivity contribution is 0.0134. The Kier molecular flexibility index (Phi) is 2.74. The van der Waals surface area contributed by atoms with Gasteiger partial charge in [-0.1, -0.05) is 0 Å². The van der Waals surface area contributed by atoms with Crippen LogP contribution in [0.3, 0.4) is 0 Å². The molecule has 16 heavy (non-hydrogen) atoms. The maximum Gasteiger partial charge on any atom is 0.108 e. The minimum Gasteiger partial charge on any atom is -0.469 e. The van der Waals surface area contributed by atoms with Crippen molar-refractivity contribution in [1.82, 2.24) is 5.32 Å². The van der Waals surface area contributed by atoms with E-state index in [0.717, 1.165) is 19.3 Å². The Morgan fingerprint density at radius 3 is 3.12 bits per heavy atom. The molecule has 0 spiro atoms. The zero-order valence-corrected chi connectivity index (χ0v) is 9.74. The second kappa shape index (κ2) is 4.22. The van der Waals surface area contributed by atoms with Crippen LogP contribution in [0.15, 0.2) is 16.7 Å². The summed E-state index contributed by atoms with van der Waals surface area (Å²) in [7, 11) is 1.80. The van der Waals surface area contributed by atoms with Gasteiger partial charge >= 0.3 is 0 Å². The van der Waals surface area contributed by atoms with Crippen LogP contribution >= 0.6 is 0 Å². The van der Waals surface area contributed by atoms with Crippen LogP contribution in [0.5, 0.6) is 0 Å². The first-order valence-corrected chi connectivity index (χ1v) is 6.22. The molecule has 1 saturated carbocycles. The molecule has 0 radical (unpaired) electrons. The van der Waals surface area contributed by atoms with Crippen molar-refractivity contribution < 1.29 is 9.15 Å². The van der Waals surface area contributed by atoms with Crippen molar-refractivity contribution in [2.24, 2.45) is 0 Å². The number of hydrogen-bond acceptors (Lipinski definition) is 3. The molecule has 0 bridgehead atoms. The van der Waals surface area contributed by atoms with E-state index in [1.54, 1.807) is 7.11 Å². The summed E-state index contributed by atoms with van der Waals surface area (Å²) < 4.78 is 10.8. The predicted octanol–water partition coefficient (Wildman–Crippen LogP) is 2.42. The largest absolute Gasteiger partial charge is 0.469 e. The molecule has 88 valence electrons. The van der Waals surface area contributed by atoms with Crippen LogP contribution < -0.4 is 5.32 Å². The fraction of sp³-hybridized carbons (Fsp3) is 0.692. The third-order valence-corrected chi connectivity index (χ3v) is 3.92. The molecule has 3 nitrogen and oxygen atoms in total. The molecule has 1 atom stereocenters. The summed E-state index contributed by atoms with van der Waals surface area (Å²) >= 11 is 0. The highest BCUT2D eigenvalue weighted by Gasteiger charge is 2.32. The van der Waals surface area contributed by atoms with Gasteiger partial charge < -0.3 is 14.5 Å². The summed E-state index contributed by atoms with van der Waals surface area (Å²) in [6.45, 7) is 0. The molecule has 1 heterocycles. The highest BCUT2D eigenvalue weighted by Crippen LogP contribution is 2.33. The van der Waals surface area contributed by atoms with Gasteiger partial charge in [-0.3, -0.25) is 0 Å². The maximum absolute atomic E-state index is 5.50. The molecule has 0 aromatic carbocycles. The lowest BCUT2D eigenvalue weighted by Crippen LogP contribution is -2.46. The van der Waals surface area contributed by atoms with Gasteiger partial charge in [-0.15, -0.1) is 0 Å². The van der Waals surface area contributed by atoms with Gasteiger partial charge in [-0.05, 0) is 31.7 Å².